The molecule has 0 bridgehead atoms. The van der Waals surface area contributed by atoms with Crippen LogP contribution in [0.1, 0.15) is 47.5 Å². The minimum Gasteiger partial charge on any atom is -0.481 e. The van der Waals surface area contributed by atoms with Crippen LogP contribution in [0.4, 0.5) is 4.79 Å². The Morgan fingerprint density at radius 1 is 1.05 bits per heavy atom. The lowest BCUT2D eigenvalue weighted by molar-refractivity contribution is -0.141. The summed E-state index contributed by atoms with van der Waals surface area (Å²) >= 11 is 0. The minimum atomic E-state index is -0.873. The quantitative estimate of drug-likeness (QED) is 0.746. The molecule has 0 fully saturated rings. The first-order chi connectivity index (χ1) is 9.24. The van der Waals surface area contributed by atoms with Crippen molar-refractivity contribution in [2.24, 2.45) is 11.8 Å². The van der Waals surface area contributed by atoms with Crippen molar-refractivity contribution in [1.29, 1.82) is 0 Å². The summed E-state index contributed by atoms with van der Waals surface area (Å²) in [5, 5.41) is 8.95. The zero-order valence-corrected chi connectivity index (χ0v) is 13.7. The Kier molecular flexibility index (Phi) is 8.26. The average Bonchev–Trinajstić information content (AvgIpc) is 2.37. The number of rotatable bonds is 8. The van der Waals surface area contributed by atoms with Gasteiger partial charge in [0, 0.05) is 26.2 Å². The number of nitrogens with zero attached hydrogens (tertiary/aromatic N) is 2. The molecule has 5 nitrogen and oxygen atoms in total. The van der Waals surface area contributed by atoms with Crippen LogP contribution in [-0.4, -0.2) is 53.1 Å². The zero-order valence-electron chi connectivity index (χ0n) is 13.7. The topological polar surface area (TPSA) is 60.9 Å². The number of hydrogen-bond donors (Lipinski definition) is 1. The molecule has 0 aromatic carbocycles. The normalized spacial score (nSPS) is 12.6. The molecule has 0 saturated heterocycles. The van der Waals surface area contributed by atoms with Crippen molar-refractivity contribution in [1.82, 2.24) is 9.80 Å². The van der Waals surface area contributed by atoms with Crippen molar-refractivity contribution in [3.8, 4) is 0 Å². The molecule has 0 aliphatic rings. The van der Waals surface area contributed by atoms with Crippen molar-refractivity contribution in [3.05, 3.63) is 0 Å². The van der Waals surface area contributed by atoms with Crippen molar-refractivity contribution < 1.29 is 14.7 Å². The molecule has 1 atom stereocenters. The van der Waals surface area contributed by atoms with Crippen LogP contribution in [0, 0.1) is 11.8 Å². The first kappa shape index (κ1) is 18.7. The maximum atomic E-state index is 12.6. The zero-order chi connectivity index (χ0) is 15.9. The van der Waals surface area contributed by atoms with Gasteiger partial charge in [0.1, 0.15) is 0 Å². The van der Waals surface area contributed by atoms with Crippen LogP contribution in [0.15, 0.2) is 0 Å². The summed E-state index contributed by atoms with van der Waals surface area (Å²) in [4.78, 5) is 26.9. The lowest BCUT2D eigenvalue weighted by Crippen LogP contribution is -2.49. The van der Waals surface area contributed by atoms with Gasteiger partial charge in [-0.05, 0) is 18.8 Å². The lowest BCUT2D eigenvalue weighted by atomic mass is 10.1. The van der Waals surface area contributed by atoms with Gasteiger partial charge in [0.25, 0.3) is 0 Å². The van der Waals surface area contributed by atoms with Crippen molar-refractivity contribution in [3.63, 3.8) is 0 Å². The molecular formula is C15H30N2O3. The molecule has 20 heavy (non-hydrogen) atoms. The van der Waals surface area contributed by atoms with Crippen LogP contribution in [0.5, 0.6) is 0 Å². The molecule has 0 saturated carbocycles. The number of carboxylic acid groups (broad SMARTS) is 1. The third-order valence-electron chi connectivity index (χ3n) is 3.49. The van der Waals surface area contributed by atoms with E-state index < -0.39 is 11.9 Å². The average molecular weight is 286 g/mol. The Bertz CT molecular complexity index is 314. The molecule has 0 aliphatic carbocycles. The number of amides is 2. The van der Waals surface area contributed by atoms with Gasteiger partial charge in [-0.1, -0.05) is 34.6 Å². The van der Waals surface area contributed by atoms with Gasteiger partial charge in [-0.15, -0.1) is 0 Å². The first-order valence-corrected chi connectivity index (χ1v) is 7.48. The second kappa shape index (κ2) is 8.82. The number of hydrogen-bond acceptors (Lipinski definition) is 2. The van der Waals surface area contributed by atoms with E-state index in [4.69, 9.17) is 5.11 Å². The minimum absolute atomic E-state index is 0.0690. The lowest BCUT2D eigenvalue weighted by Gasteiger charge is -2.35. The van der Waals surface area contributed by atoms with Gasteiger partial charge in [0.15, 0.2) is 0 Å². The van der Waals surface area contributed by atoms with Crippen molar-refractivity contribution in [2.75, 3.05) is 20.1 Å². The fraction of sp³-hybridized carbons (Fsp3) is 0.867. The number of aliphatic carboxylic acids is 1. The highest BCUT2D eigenvalue weighted by atomic mass is 16.4. The highest BCUT2D eigenvalue weighted by Gasteiger charge is 2.26. The number of carboxylic acids is 1. The SMILES string of the molecule is CCC(CC)N(CC(C)C)C(=O)N(C)CC(C)C(=O)O. The number of urea groups is 1. The molecule has 0 aliphatic heterocycles. The van der Waals surface area contributed by atoms with E-state index in [2.05, 4.69) is 27.7 Å². The Balaban J connectivity index is 4.88. The Labute approximate surface area is 122 Å². The second-order valence-electron chi connectivity index (χ2n) is 5.92. The molecule has 0 aromatic rings. The van der Waals surface area contributed by atoms with Gasteiger partial charge in [0.2, 0.25) is 0 Å². The molecule has 0 rings (SSSR count). The largest absolute Gasteiger partial charge is 0.481 e. The highest BCUT2D eigenvalue weighted by Crippen LogP contribution is 2.14. The molecule has 0 spiro atoms. The van der Waals surface area contributed by atoms with E-state index in [1.54, 1.807) is 14.0 Å². The molecule has 0 aromatic heterocycles. The van der Waals surface area contributed by atoms with E-state index in [1.807, 2.05) is 4.90 Å². The van der Waals surface area contributed by atoms with Gasteiger partial charge in [-0.2, -0.15) is 0 Å². The van der Waals surface area contributed by atoms with Gasteiger partial charge in [0.05, 0.1) is 5.92 Å². The van der Waals surface area contributed by atoms with Gasteiger partial charge in [-0.3, -0.25) is 4.79 Å². The van der Waals surface area contributed by atoms with Crippen LogP contribution in [0.25, 0.3) is 0 Å². The van der Waals surface area contributed by atoms with Crippen LogP contribution >= 0.6 is 0 Å². The highest BCUT2D eigenvalue weighted by molar-refractivity contribution is 5.76. The van der Waals surface area contributed by atoms with Crippen LogP contribution in [0.3, 0.4) is 0 Å². The van der Waals surface area contributed by atoms with E-state index >= 15 is 0 Å². The van der Waals surface area contributed by atoms with Crippen LogP contribution < -0.4 is 0 Å². The molecule has 0 radical (unpaired) electrons. The summed E-state index contributed by atoms with van der Waals surface area (Å²) in [5.41, 5.74) is 0. The molecule has 5 heteroatoms. The molecule has 1 N–H and O–H groups in total. The maximum Gasteiger partial charge on any atom is 0.320 e. The molecule has 1 unspecified atom stereocenters. The summed E-state index contributed by atoms with van der Waals surface area (Å²) in [6, 6.07) is 0.146. The standard InChI is InChI=1S/C15H30N2O3/c1-7-13(8-2)17(9-11(3)4)15(20)16(6)10-12(5)14(18)19/h11-13H,7-10H2,1-6H3,(H,18,19). The van der Waals surface area contributed by atoms with E-state index in [0.29, 0.717) is 12.5 Å². The summed E-state index contributed by atoms with van der Waals surface area (Å²) in [6.07, 6.45) is 1.83. The first-order valence-electron chi connectivity index (χ1n) is 7.48. The van der Waals surface area contributed by atoms with Crippen LogP contribution in [0.2, 0.25) is 0 Å². The molecule has 0 heterocycles. The third-order valence-corrected chi connectivity index (χ3v) is 3.49. The smallest absolute Gasteiger partial charge is 0.320 e. The van der Waals surface area contributed by atoms with Crippen molar-refractivity contribution in [2.45, 2.75) is 53.5 Å². The predicted molar refractivity (Wildman–Crippen MR) is 80.7 cm³/mol. The van der Waals surface area contributed by atoms with E-state index in [1.165, 1.54) is 4.90 Å². The van der Waals surface area contributed by atoms with Crippen LogP contribution in [-0.2, 0) is 4.79 Å². The number of carbonyl (C=O) groups is 2. The summed E-state index contributed by atoms with van der Waals surface area (Å²) in [7, 11) is 1.68. The monoisotopic (exact) mass is 286 g/mol. The molecular weight excluding hydrogens is 256 g/mol. The third kappa shape index (κ3) is 5.80. The predicted octanol–water partition coefficient (Wildman–Crippen LogP) is 2.91. The summed E-state index contributed by atoms with van der Waals surface area (Å²) in [6.45, 7) is 10.9. The maximum absolute atomic E-state index is 12.6. The van der Waals surface area contributed by atoms with E-state index in [9.17, 15) is 9.59 Å². The Morgan fingerprint density at radius 3 is 1.90 bits per heavy atom. The van der Waals surface area contributed by atoms with Gasteiger partial charge >= 0.3 is 12.0 Å². The number of carbonyl (C=O) groups excluding carboxylic acids is 1. The summed E-state index contributed by atoms with van der Waals surface area (Å²) < 4.78 is 0. The van der Waals surface area contributed by atoms with Gasteiger partial charge < -0.3 is 14.9 Å². The van der Waals surface area contributed by atoms with E-state index in [0.717, 1.165) is 12.8 Å². The van der Waals surface area contributed by atoms with Crippen molar-refractivity contribution >= 4 is 12.0 Å². The van der Waals surface area contributed by atoms with E-state index in [-0.39, 0.29) is 18.6 Å². The Morgan fingerprint density at radius 2 is 1.55 bits per heavy atom. The Hall–Kier alpha value is -1.26. The molecule has 2 amide bonds. The summed E-state index contributed by atoms with van der Waals surface area (Å²) in [5.74, 6) is -1.03. The fourth-order valence-electron chi connectivity index (χ4n) is 2.29. The van der Waals surface area contributed by atoms with Gasteiger partial charge in [-0.25, -0.2) is 4.79 Å². The second-order valence-corrected chi connectivity index (χ2v) is 5.92. The fourth-order valence-corrected chi connectivity index (χ4v) is 2.29. The molecule has 118 valence electrons.